The second kappa shape index (κ2) is 5.64. The van der Waals surface area contributed by atoms with Gasteiger partial charge in [-0.3, -0.25) is 0 Å². The normalized spacial score (nSPS) is 21.3. The Kier molecular flexibility index (Phi) is 3.90. The fraction of sp³-hybridized carbons (Fsp3) is 0.647. The van der Waals surface area contributed by atoms with Crippen LogP contribution in [0.25, 0.3) is 0 Å². The summed E-state index contributed by atoms with van der Waals surface area (Å²) >= 11 is 0. The Hall–Kier alpha value is -0.860. The molecule has 19 heavy (non-hydrogen) atoms. The van der Waals surface area contributed by atoms with E-state index in [9.17, 15) is 5.11 Å². The highest BCUT2D eigenvalue weighted by molar-refractivity contribution is 5.35. The fourth-order valence-electron chi connectivity index (χ4n) is 3.56. The minimum absolute atomic E-state index is 0.449. The Morgan fingerprint density at radius 2 is 1.79 bits per heavy atom. The van der Waals surface area contributed by atoms with Crippen LogP contribution in [0.15, 0.2) is 18.2 Å². The van der Waals surface area contributed by atoms with Gasteiger partial charge < -0.3 is 10.4 Å². The van der Waals surface area contributed by atoms with Crippen molar-refractivity contribution in [2.24, 2.45) is 0 Å². The van der Waals surface area contributed by atoms with E-state index in [2.05, 4.69) is 23.5 Å². The molecule has 0 bridgehead atoms. The summed E-state index contributed by atoms with van der Waals surface area (Å²) in [7, 11) is 0. The van der Waals surface area contributed by atoms with Gasteiger partial charge >= 0.3 is 0 Å². The molecule has 2 N–H and O–H groups in total. The van der Waals surface area contributed by atoms with Crippen molar-refractivity contribution in [2.75, 3.05) is 6.54 Å². The second-order valence-electron chi connectivity index (χ2n) is 6.35. The molecule has 104 valence electrons. The summed E-state index contributed by atoms with van der Waals surface area (Å²) in [6, 6.07) is 6.87. The van der Waals surface area contributed by atoms with Crippen LogP contribution < -0.4 is 5.32 Å². The van der Waals surface area contributed by atoms with Gasteiger partial charge in [-0.05, 0) is 48.8 Å². The van der Waals surface area contributed by atoms with Gasteiger partial charge in [0.05, 0.1) is 5.60 Å². The Morgan fingerprint density at radius 3 is 2.63 bits per heavy atom. The van der Waals surface area contributed by atoms with Gasteiger partial charge in [0, 0.05) is 13.1 Å². The number of fused-ring (bicyclic) bond motifs is 1. The first-order valence-corrected chi connectivity index (χ1v) is 7.79. The molecule has 0 aromatic heterocycles. The number of hydrogen-bond acceptors (Lipinski definition) is 2. The average molecular weight is 259 g/mol. The van der Waals surface area contributed by atoms with Gasteiger partial charge in [-0.1, -0.05) is 37.5 Å². The van der Waals surface area contributed by atoms with E-state index in [0.29, 0.717) is 0 Å². The summed E-state index contributed by atoms with van der Waals surface area (Å²) in [4.78, 5) is 0. The van der Waals surface area contributed by atoms with Crippen molar-refractivity contribution in [3.63, 3.8) is 0 Å². The molecule has 1 aromatic rings. The number of hydrogen-bond donors (Lipinski definition) is 2. The molecule has 2 nitrogen and oxygen atoms in total. The molecule has 3 rings (SSSR count). The van der Waals surface area contributed by atoms with Crippen LogP contribution in [0.4, 0.5) is 0 Å². The van der Waals surface area contributed by atoms with Crippen LogP contribution in [-0.2, 0) is 19.4 Å². The number of aryl methyl sites for hydroxylation is 2. The monoisotopic (exact) mass is 259 g/mol. The Labute approximate surface area is 116 Å². The van der Waals surface area contributed by atoms with Gasteiger partial charge in [0.1, 0.15) is 0 Å². The van der Waals surface area contributed by atoms with E-state index in [1.807, 2.05) is 0 Å². The van der Waals surface area contributed by atoms with E-state index in [0.717, 1.165) is 25.9 Å². The number of nitrogens with one attached hydrogen (secondary N) is 1. The Balaban J connectivity index is 1.52. The van der Waals surface area contributed by atoms with Crippen molar-refractivity contribution in [1.82, 2.24) is 5.32 Å². The lowest BCUT2D eigenvalue weighted by Crippen LogP contribution is -2.41. The molecule has 2 aliphatic rings. The average Bonchev–Trinajstić information content (AvgIpc) is 2.87. The predicted octanol–water partition coefficient (Wildman–Crippen LogP) is 2.96. The lowest BCUT2D eigenvalue weighted by Gasteiger charge is -2.32. The third-order valence-corrected chi connectivity index (χ3v) is 4.73. The number of aliphatic hydroxyl groups is 1. The van der Waals surface area contributed by atoms with Gasteiger partial charge in [0.25, 0.3) is 0 Å². The third kappa shape index (κ3) is 3.18. The summed E-state index contributed by atoms with van der Waals surface area (Å²) in [5.41, 5.74) is 3.99. The minimum Gasteiger partial charge on any atom is -0.389 e. The molecule has 0 unspecified atom stereocenters. The van der Waals surface area contributed by atoms with Crippen LogP contribution in [0.3, 0.4) is 0 Å². The van der Waals surface area contributed by atoms with E-state index in [-0.39, 0.29) is 0 Å². The summed E-state index contributed by atoms with van der Waals surface area (Å²) in [5.74, 6) is 0. The molecule has 0 aliphatic heterocycles. The van der Waals surface area contributed by atoms with Crippen LogP contribution in [0.2, 0.25) is 0 Å². The lowest BCUT2D eigenvalue weighted by molar-refractivity contribution is 0.00467. The molecule has 1 aromatic carbocycles. The maximum absolute atomic E-state index is 10.4. The first kappa shape index (κ1) is 13.1. The topological polar surface area (TPSA) is 32.3 Å². The van der Waals surface area contributed by atoms with Crippen LogP contribution in [0, 0.1) is 0 Å². The van der Waals surface area contributed by atoms with Crippen LogP contribution in [0.5, 0.6) is 0 Å². The maximum Gasteiger partial charge on any atom is 0.0771 e. The molecule has 1 saturated carbocycles. The van der Waals surface area contributed by atoms with E-state index in [4.69, 9.17) is 0 Å². The molecule has 0 heterocycles. The highest BCUT2D eigenvalue weighted by Gasteiger charge is 2.28. The molecular weight excluding hydrogens is 234 g/mol. The summed E-state index contributed by atoms with van der Waals surface area (Å²) < 4.78 is 0. The SMILES string of the molecule is OC1(CNCc2ccc3c(c2)CCC3)CCCCC1. The first-order valence-electron chi connectivity index (χ1n) is 7.79. The molecule has 2 aliphatic carbocycles. The predicted molar refractivity (Wildman–Crippen MR) is 78.2 cm³/mol. The highest BCUT2D eigenvalue weighted by Crippen LogP contribution is 2.27. The lowest BCUT2D eigenvalue weighted by atomic mass is 9.85. The first-order chi connectivity index (χ1) is 9.25. The Morgan fingerprint density at radius 1 is 1.00 bits per heavy atom. The minimum atomic E-state index is -0.449. The van der Waals surface area contributed by atoms with E-state index in [1.54, 1.807) is 0 Å². The second-order valence-corrected chi connectivity index (χ2v) is 6.35. The van der Waals surface area contributed by atoms with E-state index < -0.39 is 5.60 Å². The third-order valence-electron chi connectivity index (χ3n) is 4.73. The van der Waals surface area contributed by atoms with Gasteiger partial charge in [0.15, 0.2) is 0 Å². The molecule has 0 atom stereocenters. The van der Waals surface area contributed by atoms with Gasteiger partial charge in [0.2, 0.25) is 0 Å². The molecule has 1 fully saturated rings. The van der Waals surface area contributed by atoms with Gasteiger partial charge in [-0.25, -0.2) is 0 Å². The van der Waals surface area contributed by atoms with Crippen LogP contribution >= 0.6 is 0 Å². The zero-order valence-corrected chi connectivity index (χ0v) is 11.8. The standard InChI is InChI=1S/C17H25NO/c19-17(9-2-1-3-10-17)13-18-12-14-7-8-15-5-4-6-16(15)11-14/h7-8,11,18-19H,1-6,9-10,12-13H2. The van der Waals surface area contributed by atoms with Crippen molar-refractivity contribution in [1.29, 1.82) is 0 Å². The zero-order valence-electron chi connectivity index (χ0n) is 11.8. The van der Waals surface area contributed by atoms with Crippen LogP contribution in [-0.4, -0.2) is 17.3 Å². The molecule has 0 radical (unpaired) electrons. The highest BCUT2D eigenvalue weighted by atomic mass is 16.3. The molecule has 0 saturated heterocycles. The molecular formula is C17H25NO. The summed E-state index contributed by atoms with van der Waals surface area (Å²) in [6.07, 6.45) is 9.37. The Bertz CT molecular complexity index is 435. The van der Waals surface area contributed by atoms with E-state index >= 15 is 0 Å². The molecule has 2 heteroatoms. The summed E-state index contributed by atoms with van der Waals surface area (Å²) in [6.45, 7) is 1.62. The van der Waals surface area contributed by atoms with Gasteiger partial charge in [-0.15, -0.1) is 0 Å². The summed E-state index contributed by atoms with van der Waals surface area (Å²) in [5, 5.41) is 13.9. The van der Waals surface area contributed by atoms with Gasteiger partial charge in [-0.2, -0.15) is 0 Å². The van der Waals surface area contributed by atoms with Crippen molar-refractivity contribution in [3.8, 4) is 0 Å². The van der Waals surface area contributed by atoms with Crippen LogP contribution in [0.1, 0.15) is 55.2 Å². The van der Waals surface area contributed by atoms with Crippen molar-refractivity contribution < 1.29 is 5.11 Å². The molecule has 0 spiro atoms. The van der Waals surface area contributed by atoms with Crippen molar-refractivity contribution >= 4 is 0 Å². The number of benzene rings is 1. The maximum atomic E-state index is 10.4. The van der Waals surface area contributed by atoms with Crippen molar-refractivity contribution in [3.05, 3.63) is 34.9 Å². The zero-order chi connectivity index (χ0) is 13.1. The largest absolute Gasteiger partial charge is 0.389 e. The quantitative estimate of drug-likeness (QED) is 0.871. The van der Waals surface area contributed by atoms with Crippen molar-refractivity contribution in [2.45, 2.75) is 63.5 Å². The molecule has 0 amide bonds. The van der Waals surface area contributed by atoms with E-state index in [1.165, 1.54) is 55.2 Å². The number of rotatable bonds is 4. The fourth-order valence-corrected chi connectivity index (χ4v) is 3.56. The smallest absolute Gasteiger partial charge is 0.0771 e.